The molecule has 0 aromatic carbocycles. The summed E-state index contributed by atoms with van der Waals surface area (Å²) in [4.78, 5) is 4.24. The van der Waals surface area contributed by atoms with Gasteiger partial charge in [0.15, 0.2) is 0 Å². The molecule has 1 N–H and O–H groups in total. The number of aromatic nitrogens is 1. The summed E-state index contributed by atoms with van der Waals surface area (Å²) in [5, 5.41) is 3.24. The van der Waals surface area contributed by atoms with Gasteiger partial charge >= 0.3 is 0 Å². The minimum Gasteiger partial charge on any atom is -0.298 e. The molecule has 0 radical (unpaired) electrons. The van der Waals surface area contributed by atoms with E-state index in [9.17, 15) is 0 Å². The molecule has 0 fully saturated rings. The average molecular weight is 253 g/mol. The highest BCUT2D eigenvalue weighted by Crippen LogP contribution is 2.07. The second-order valence-electron chi connectivity index (χ2n) is 2.98. The van der Waals surface area contributed by atoms with Crippen LogP contribution < -0.4 is 5.32 Å². The molecule has 1 rings (SSSR count). The molecule has 0 aliphatic rings. The van der Waals surface area contributed by atoms with Crippen LogP contribution in [0, 0.1) is 12.3 Å². The Labute approximate surface area is 93.3 Å². The fraction of sp³-hybridized carbons (Fsp3) is 0.364. The summed E-state index contributed by atoms with van der Waals surface area (Å²) in [5.74, 6) is 2.69. The quantitative estimate of drug-likeness (QED) is 0.833. The maximum Gasteiger partial charge on any atom is 0.0687 e. The molecule has 2 nitrogen and oxygen atoms in total. The molecule has 1 heterocycles. The van der Waals surface area contributed by atoms with Crippen LogP contribution in [0.1, 0.15) is 19.0 Å². The van der Waals surface area contributed by atoms with Crippen LogP contribution in [0.3, 0.4) is 0 Å². The standard InChI is InChI=1S/C11H13BrN2/c1-3-10(4-2)14-8-11-6-5-9(12)7-13-11/h1,5-7,10,14H,4,8H2,2H3. The van der Waals surface area contributed by atoms with Crippen molar-refractivity contribution in [1.29, 1.82) is 0 Å². The van der Waals surface area contributed by atoms with Crippen LogP contribution in [0.2, 0.25) is 0 Å². The van der Waals surface area contributed by atoms with E-state index < -0.39 is 0 Å². The lowest BCUT2D eigenvalue weighted by molar-refractivity contribution is 0.585. The summed E-state index contributed by atoms with van der Waals surface area (Å²) in [6.45, 7) is 2.78. The van der Waals surface area contributed by atoms with Gasteiger partial charge in [-0.25, -0.2) is 0 Å². The van der Waals surface area contributed by atoms with Crippen molar-refractivity contribution in [2.24, 2.45) is 0 Å². The first-order valence-electron chi connectivity index (χ1n) is 4.56. The summed E-state index contributed by atoms with van der Waals surface area (Å²) < 4.78 is 0.991. The zero-order valence-corrected chi connectivity index (χ0v) is 9.71. The molecular weight excluding hydrogens is 240 g/mol. The average Bonchev–Trinajstić information content (AvgIpc) is 2.22. The van der Waals surface area contributed by atoms with Gasteiger partial charge in [0.25, 0.3) is 0 Å². The number of hydrogen-bond donors (Lipinski definition) is 1. The topological polar surface area (TPSA) is 24.9 Å². The summed E-state index contributed by atoms with van der Waals surface area (Å²) >= 11 is 3.34. The Morgan fingerprint density at radius 1 is 1.64 bits per heavy atom. The molecule has 1 aromatic heterocycles. The maximum atomic E-state index is 5.33. The summed E-state index contributed by atoms with van der Waals surface area (Å²) in [6.07, 6.45) is 8.05. The molecule has 3 heteroatoms. The monoisotopic (exact) mass is 252 g/mol. The van der Waals surface area contributed by atoms with Gasteiger partial charge in [-0.2, -0.15) is 0 Å². The maximum absolute atomic E-state index is 5.33. The lowest BCUT2D eigenvalue weighted by Gasteiger charge is -2.09. The third kappa shape index (κ3) is 3.49. The Morgan fingerprint density at radius 3 is 2.93 bits per heavy atom. The molecule has 74 valence electrons. The highest BCUT2D eigenvalue weighted by atomic mass is 79.9. The van der Waals surface area contributed by atoms with Gasteiger partial charge in [-0.3, -0.25) is 10.3 Å². The third-order valence-electron chi connectivity index (χ3n) is 1.93. The zero-order valence-electron chi connectivity index (χ0n) is 8.13. The van der Waals surface area contributed by atoms with E-state index in [1.807, 2.05) is 12.1 Å². The van der Waals surface area contributed by atoms with Gasteiger partial charge in [0, 0.05) is 17.2 Å². The smallest absolute Gasteiger partial charge is 0.0687 e. The lowest BCUT2D eigenvalue weighted by atomic mass is 10.2. The van der Waals surface area contributed by atoms with E-state index in [-0.39, 0.29) is 6.04 Å². The second-order valence-corrected chi connectivity index (χ2v) is 3.89. The lowest BCUT2D eigenvalue weighted by Crippen LogP contribution is -2.26. The van der Waals surface area contributed by atoms with Crippen LogP contribution in [0.5, 0.6) is 0 Å². The number of nitrogens with zero attached hydrogens (tertiary/aromatic N) is 1. The van der Waals surface area contributed by atoms with Crippen LogP contribution in [0.15, 0.2) is 22.8 Å². The van der Waals surface area contributed by atoms with E-state index in [2.05, 4.69) is 39.1 Å². The van der Waals surface area contributed by atoms with Gasteiger partial charge in [-0.15, -0.1) is 6.42 Å². The largest absolute Gasteiger partial charge is 0.298 e. The van der Waals surface area contributed by atoms with Crippen molar-refractivity contribution in [3.63, 3.8) is 0 Å². The van der Waals surface area contributed by atoms with Gasteiger partial charge in [-0.1, -0.05) is 12.8 Å². The second kappa shape index (κ2) is 5.79. The Bertz CT molecular complexity index is 313. The molecule has 1 aromatic rings. The van der Waals surface area contributed by atoms with Crippen molar-refractivity contribution in [3.8, 4) is 12.3 Å². The predicted octanol–water partition coefficient (Wildman–Crippen LogP) is 2.35. The van der Waals surface area contributed by atoms with Gasteiger partial charge in [-0.05, 0) is 34.5 Å². The molecule has 14 heavy (non-hydrogen) atoms. The molecule has 1 atom stereocenters. The van der Waals surface area contributed by atoms with E-state index in [4.69, 9.17) is 6.42 Å². The molecule has 0 bridgehead atoms. The third-order valence-corrected chi connectivity index (χ3v) is 2.40. The van der Waals surface area contributed by atoms with Crippen molar-refractivity contribution in [2.75, 3.05) is 0 Å². The summed E-state index contributed by atoms with van der Waals surface area (Å²) in [6, 6.07) is 4.08. The van der Waals surface area contributed by atoms with Gasteiger partial charge in [0.1, 0.15) is 0 Å². The number of nitrogens with one attached hydrogen (secondary N) is 1. The summed E-state index contributed by atoms with van der Waals surface area (Å²) in [7, 11) is 0. The highest BCUT2D eigenvalue weighted by molar-refractivity contribution is 9.10. The van der Waals surface area contributed by atoms with Gasteiger partial charge in [0.05, 0.1) is 11.7 Å². The van der Waals surface area contributed by atoms with E-state index in [1.165, 1.54) is 0 Å². The van der Waals surface area contributed by atoms with Crippen LogP contribution in [0.25, 0.3) is 0 Å². The summed E-state index contributed by atoms with van der Waals surface area (Å²) in [5.41, 5.74) is 1.00. The Kier molecular flexibility index (Phi) is 4.64. The number of rotatable bonds is 4. The number of terminal acetylenes is 1. The first-order valence-corrected chi connectivity index (χ1v) is 5.35. The fourth-order valence-electron chi connectivity index (χ4n) is 1.06. The molecule has 0 aliphatic heterocycles. The van der Waals surface area contributed by atoms with E-state index in [0.29, 0.717) is 0 Å². The first kappa shape index (κ1) is 11.2. The first-order chi connectivity index (χ1) is 6.76. The van der Waals surface area contributed by atoms with Crippen LogP contribution in [-0.4, -0.2) is 11.0 Å². The molecule has 0 spiro atoms. The Balaban J connectivity index is 2.46. The normalized spacial score (nSPS) is 12.1. The van der Waals surface area contributed by atoms with Crippen molar-refractivity contribution >= 4 is 15.9 Å². The van der Waals surface area contributed by atoms with Gasteiger partial charge < -0.3 is 0 Å². The molecule has 1 unspecified atom stereocenters. The molecule has 0 aliphatic carbocycles. The molecular formula is C11H13BrN2. The minimum absolute atomic E-state index is 0.139. The SMILES string of the molecule is C#CC(CC)NCc1ccc(Br)cn1. The molecule has 0 saturated heterocycles. The Hall–Kier alpha value is -0.850. The van der Waals surface area contributed by atoms with Crippen molar-refractivity contribution in [2.45, 2.75) is 25.9 Å². The predicted molar refractivity (Wildman–Crippen MR) is 61.7 cm³/mol. The molecule has 0 amide bonds. The van der Waals surface area contributed by atoms with Crippen molar-refractivity contribution in [3.05, 3.63) is 28.5 Å². The zero-order chi connectivity index (χ0) is 10.4. The van der Waals surface area contributed by atoms with Crippen LogP contribution in [0.4, 0.5) is 0 Å². The van der Waals surface area contributed by atoms with Crippen LogP contribution in [-0.2, 0) is 6.54 Å². The Morgan fingerprint density at radius 2 is 2.43 bits per heavy atom. The van der Waals surface area contributed by atoms with E-state index >= 15 is 0 Å². The van der Waals surface area contributed by atoms with E-state index in [0.717, 1.165) is 23.1 Å². The van der Waals surface area contributed by atoms with E-state index in [1.54, 1.807) is 6.20 Å². The minimum atomic E-state index is 0.139. The molecule has 0 saturated carbocycles. The van der Waals surface area contributed by atoms with Crippen LogP contribution >= 0.6 is 15.9 Å². The van der Waals surface area contributed by atoms with Gasteiger partial charge in [0.2, 0.25) is 0 Å². The number of hydrogen-bond acceptors (Lipinski definition) is 2. The fourth-order valence-corrected chi connectivity index (χ4v) is 1.29. The van der Waals surface area contributed by atoms with Crippen molar-refractivity contribution < 1.29 is 0 Å². The number of halogens is 1. The highest BCUT2D eigenvalue weighted by Gasteiger charge is 2.00. The van der Waals surface area contributed by atoms with Crippen molar-refractivity contribution in [1.82, 2.24) is 10.3 Å². The number of pyridine rings is 1.